The summed E-state index contributed by atoms with van der Waals surface area (Å²) in [5, 5.41) is 31.1. The Hall–Kier alpha value is -2.59. The smallest absolute Gasteiger partial charge is 0.326 e. The van der Waals surface area contributed by atoms with E-state index in [0.29, 0.717) is 11.3 Å². The Morgan fingerprint density at radius 2 is 2.15 bits per heavy atom. The number of carbonyl (C=O) groups excluding carboxylic acids is 1. The van der Waals surface area contributed by atoms with Gasteiger partial charge in [-0.1, -0.05) is 6.07 Å². The van der Waals surface area contributed by atoms with Gasteiger partial charge in [-0.3, -0.25) is 0 Å². The molecule has 0 aliphatic heterocycles. The molecule has 2 amide bonds. The normalized spacial score (nSPS) is 11.2. The van der Waals surface area contributed by atoms with E-state index in [0.717, 1.165) is 5.56 Å². The lowest BCUT2D eigenvalue weighted by atomic mass is 10.1. The topological polar surface area (TPSA) is 122 Å². The van der Waals surface area contributed by atoms with Crippen LogP contribution >= 0.6 is 0 Å². The zero-order valence-electron chi connectivity index (χ0n) is 10.9. The minimum Gasteiger partial charge on any atom is -0.480 e. The van der Waals surface area contributed by atoms with Gasteiger partial charge in [-0.25, -0.2) is 9.59 Å². The summed E-state index contributed by atoms with van der Waals surface area (Å²) < 4.78 is 0. The number of rotatable bonds is 5. The van der Waals surface area contributed by atoms with E-state index in [2.05, 4.69) is 10.6 Å². The van der Waals surface area contributed by atoms with Crippen LogP contribution in [0.5, 0.6) is 0 Å². The third-order valence-corrected chi connectivity index (χ3v) is 2.64. The van der Waals surface area contributed by atoms with Crippen molar-refractivity contribution in [3.05, 3.63) is 29.3 Å². The monoisotopic (exact) mass is 277 g/mol. The van der Waals surface area contributed by atoms with Crippen LogP contribution < -0.4 is 10.6 Å². The lowest BCUT2D eigenvalue weighted by molar-refractivity contribution is -0.139. The number of anilines is 1. The Bertz CT molecular complexity index is 551. The summed E-state index contributed by atoms with van der Waals surface area (Å²) in [4.78, 5) is 22.6. The minimum atomic E-state index is -1.23. The molecule has 0 saturated carbocycles. The molecule has 106 valence electrons. The molecule has 4 N–H and O–H groups in total. The average Bonchev–Trinajstić information content (AvgIpc) is 2.40. The van der Waals surface area contributed by atoms with E-state index in [-0.39, 0.29) is 13.0 Å². The van der Waals surface area contributed by atoms with Gasteiger partial charge >= 0.3 is 12.0 Å². The van der Waals surface area contributed by atoms with Gasteiger partial charge in [0.2, 0.25) is 0 Å². The molecular formula is C13H15N3O4. The van der Waals surface area contributed by atoms with Crippen molar-refractivity contribution in [2.45, 2.75) is 19.4 Å². The second kappa shape index (κ2) is 7.11. The first-order chi connectivity index (χ1) is 9.47. The van der Waals surface area contributed by atoms with Crippen LogP contribution in [0.2, 0.25) is 0 Å². The van der Waals surface area contributed by atoms with Gasteiger partial charge in [0.25, 0.3) is 0 Å². The number of nitrogens with one attached hydrogen (secondary N) is 2. The predicted octanol–water partition coefficient (Wildman–Crippen LogP) is 0.824. The minimum absolute atomic E-state index is 0.0834. The fraction of sp³-hybridized carbons (Fsp3) is 0.308. The summed E-state index contributed by atoms with van der Waals surface area (Å²) in [7, 11) is 0. The summed E-state index contributed by atoms with van der Waals surface area (Å²) in [5.41, 5.74) is 1.55. The molecule has 0 radical (unpaired) electrons. The lowest BCUT2D eigenvalue weighted by Crippen LogP contribution is -2.43. The number of benzene rings is 1. The molecule has 7 heteroatoms. The fourth-order valence-electron chi connectivity index (χ4n) is 1.53. The first-order valence-corrected chi connectivity index (χ1v) is 5.90. The highest BCUT2D eigenvalue weighted by Gasteiger charge is 2.19. The molecule has 0 aromatic heterocycles. The zero-order chi connectivity index (χ0) is 15.1. The Morgan fingerprint density at radius 3 is 2.70 bits per heavy atom. The Morgan fingerprint density at radius 1 is 1.45 bits per heavy atom. The van der Waals surface area contributed by atoms with Crippen LogP contribution in [-0.4, -0.2) is 34.9 Å². The number of nitrogens with zero attached hydrogens (tertiary/aromatic N) is 1. The van der Waals surface area contributed by atoms with E-state index in [9.17, 15) is 9.59 Å². The molecule has 7 nitrogen and oxygen atoms in total. The van der Waals surface area contributed by atoms with Gasteiger partial charge in [0.15, 0.2) is 0 Å². The van der Waals surface area contributed by atoms with Crippen molar-refractivity contribution in [2.24, 2.45) is 0 Å². The van der Waals surface area contributed by atoms with Crippen molar-refractivity contribution in [1.82, 2.24) is 5.32 Å². The molecule has 0 saturated heterocycles. The maximum atomic E-state index is 11.7. The second-order valence-corrected chi connectivity index (χ2v) is 4.14. The van der Waals surface area contributed by atoms with Gasteiger partial charge < -0.3 is 20.8 Å². The zero-order valence-corrected chi connectivity index (χ0v) is 10.9. The number of hydrogen-bond donors (Lipinski definition) is 4. The van der Waals surface area contributed by atoms with Gasteiger partial charge in [-0.05, 0) is 24.6 Å². The first-order valence-electron chi connectivity index (χ1n) is 5.90. The number of carboxylic acid groups (broad SMARTS) is 1. The number of hydrogen-bond acceptors (Lipinski definition) is 4. The third-order valence-electron chi connectivity index (χ3n) is 2.64. The summed E-state index contributed by atoms with van der Waals surface area (Å²) in [5.74, 6) is -1.23. The van der Waals surface area contributed by atoms with Gasteiger partial charge in [0.1, 0.15) is 6.04 Å². The maximum Gasteiger partial charge on any atom is 0.326 e. The number of urea groups is 1. The molecule has 0 heterocycles. The quantitative estimate of drug-likeness (QED) is 0.634. The molecule has 0 fully saturated rings. The van der Waals surface area contributed by atoms with Gasteiger partial charge in [0, 0.05) is 18.7 Å². The molecule has 1 rings (SSSR count). The molecule has 1 aromatic carbocycles. The van der Waals surface area contributed by atoms with E-state index in [1.807, 2.05) is 6.07 Å². The number of amides is 2. The van der Waals surface area contributed by atoms with E-state index in [1.54, 1.807) is 19.1 Å². The van der Waals surface area contributed by atoms with E-state index < -0.39 is 18.0 Å². The van der Waals surface area contributed by atoms with E-state index in [1.165, 1.54) is 6.07 Å². The lowest BCUT2D eigenvalue weighted by Gasteiger charge is -2.15. The maximum absolute atomic E-state index is 11.7. The van der Waals surface area contributed by atoms with Crippen molar-refractivity contribution in [2.75, 3.05) is 11.9 Å². The highest BCUT2D eigenvalue weighted by atomic mass is 16.4. The Balaban J connectivity index is 2.75. The number of carbonyl (C=O) groups is 2. The van der Waals surface area contributed by atoms with Crippen LogP contribution in [0, 0.1) is 18.3 Å². The SMILES string of the molecule is Cc1ccc(C#N)cc1NC(=O)N[C@@H](CCO)C(=O)O. The van der Waals surface area contributed by atoms with Crippen molar-refractivity contribution < 1.29 is 19.8 Å². The Labute approximate surface area is 115 Å². The van der Waals surface area contributed by atoms with Crippen molar-refractivity contribution in [3.63, 3.8) is 0 Å². The van der Waals surface area contributed by atoms with Crippen LogP contribution in [-0.2, 0) is 4.79 Å². The summed E-state index contributed by atoms with van der Waals surface area (Å²) in [6.07, 6.45) is -0.0834. The number of nitriles is 1. The second-order valence-electron chi connectivity index (χ2n) is 4.14. The molecule has 1 aromatic rings. The number of aryl methyl sites for hydroxylation is 1. The van der Waals surface area contributed by atoms with Crippen molar-refractivity contribution in [1.29, 1.82) is 5.26 Å². The molecule has 1 atom stereocenters. The number of aliphatic hydroxyl groups excluding tert-OH is 1. The van der Waals surface area contributed by atoms with Crippen LogP contribution in [0.25, 0.3) is 0 Å². The van der Waals surface area contributed by atoms with Crippen molar-refractivity contribution in [3.8, 4) is 6.07 Å². The molecule has 0 unspecified atom stereocenters. The molecule has 20 heavy (non-hydrogen) atoms. The van der Waals surface area contributed by atoms with Crippen LogP contribution in [0.3, 0.4) is 0 Å². The van der Waals surface area contributed by atoms with E-state index >= 15 is 0 Å². The first kappa shape index (κ1) is 15.5. The van der Waals surface area contributed by atoms with Gasteiger partial charge in [-0.2, -0.15) is 5.26 Å². The molecule has 0 spiro atoms. The summed E-state index contributed by atoms with van der Waals surface area (Å²) in [6.45, 7) is 1.40. The summed E-state index contributed by atoms with van der Waals surface area (Å²) in [6, 6.07) is 4.87. The largest absolute Gasteiger partial charge is 0.480 e. The highest BCUT2D eigenvalue weighted by molar-refractivity contribution is 5.93. The average molecular weight is 277 g/mol. The van der Waals surface area contributed by atoms with Gasteiger partial charge in [-0.15, -0.1) is 0 Å². The highest BCUT2D eigenvalue weighted by Crippen LogP contribution is 2.16. The number of aliphatic carboxylic acids is 1. The van der Waals surface area contributed by atoms with Gasteiger partial charge in [0.05, 0.1) is 11.6 Å². The third kappa shape index (κ3) is 4.26. The van der Waals surface area contributed by atoms with Crippen LogP contribution in [0.15, 0.2) is 18.2 Å². The predicted molar refractivity (Wildman–Crippen MR) is 71.2 cm³/mol. The standard InChI is InChI=1S/C13H15N3O4/c1-8-2-3-9(7-14)6-11(8)16-13(20)15-10(4-5-17)12(18)19/h2-3,6,10,17H,4-5H2,1H3,(H,18,19)(H2,15,16,20)/t10-/m0/s1. The van der Waals surface area contributed by atoms with Crippen LogP contribution in [0.4, 0.5) is 10.5 Å². The molecule has 0 aliphatic carbocycles. The fourth-order valence-corrected chi connectivity index (χ4v) is 1.53. The Kier molecular flexibility index (Phi) is 5.50. The van der Waals surface area contributed by atoms with Crippen molar-refractivity contribution >= 4 is 17.7 Å². The number of aliphatic hydroxyl groups is 1. The summed E-state index contributed by atoms with van der Waals surface area (Å²) >= 11 is 0. The van der Waals surface area contributed by atoms with E-state index in [4.69, 9.17) is 15.5 Å². The number of carboxylic acids is 1. The van der Waals surface area contributed by atoms with Crippen LogP contribution in [0.1, 0.15) is 17.5 Å². The molecule has 0 aliphatic rings. The molecular weight excluding hydrogens is 262 g/mol. The molecule has 0 bridgehead atoms.